The van der Waals surface area contributed by atoms with Crippen LogP contribution in [0.5, 0.6) is 0 Å². The normalized spacial score (nSPS) is 13.2. The summed E-state index contributed by atoms with van der Waals surface area (Å²) in [5.74, 6) is 0.260. The number of carbonyl (C=O) groups is 1. The van der Waals surface area contributed by atoms with E-state index in [1.54, 1.807) is 6.07 Å². The van der Waals surface area contributed by atoms with E-state index in [1.165, 1.54) is 10.8 Å². The van der Waals surface area contributed by atoms with E-state index in [-0.39, 0.29) is 18.0 Å². The van der Waals surface area contributed by atoms with Gasteiger partial charge in [0.15, 0.2) is 5.82 Å². The maximum atomic E-state index is 12.3. The number of aromatic nitrogens is 4. The number of carbonyl (C=O) groups excluding carboxylic acids is 1. The summed E-state index contributed by atoms with van der Waals surface area (Å²) in [4.78, 5) is 28.4. The Labute approximate surface area is 131 Å². The molecule has 0 spiro atoms. The predicted octanol–water partition coefficient (Wildman–Crippen LogP) is 1.18. The minimum Gasteiger partial charge on any atom is -0.308 e. The van der Waals surface area contributed by atoms with Crippen molar-refractivity contribution in [2.75, 3.05) is 5.32 Å². The van der Waals surface area contributed by atoms with Gasteiger partial charge in [0.05, 0.1) is 17.2 Å². The SMILES string of the molecule is O=C(Cn1c(=O)cnc2ccccc21)Nc1cc2n(n1)CCC2. The smallest absolute Gasteiger partial charge is 0.269 e. The first-order chi connectivity index (χ1) is 11.2. The van der Waals surface area contributed by atoms with E-state index < -0.39 is 0 Å². The summed E-state index contributed by atoms with van der Waals surface area (Å²) in [5, 5.41) is 7.10. The Bertz CT molecular complexity index is 935. The fourth-order valence-electron chi connectivity index (χ4n) is 2.93. The van der Waals surface area contributed by atoms with Crippen LogP contribution in [0.25, 0.3) is 11.0 Å². The zero-order chi connectivity index (χ0) is 15.8. The number of nitrogens with one attached hydrogen (secondary N) is 1. The molecule has 116 valence electrons. The Hall–Kier alpha value is -2.96. The van der Waals surface area contributed by atoms with E-state index >= 15 is 0 Å². The van der Waals surface area contributed by atoms with Crippen LogP contribution in [0.3, 0.4) is 0 Å². The van der Waals surface area contributed by atoms with Gasteiger partial charge in [-0.1, -0.05) is 12.1 Å². The lowest BCUT2D eigenvalue weighted by Gasteiger charge is -2.08. The number of nitrogens with zero attached hydrogens (tertiary/aromatic N) is 4. The van der Waals surface area contributed by atoms with Crippen molar-refractivity contribution in [3.8, 4) is 0 Å². The van der Waals surface area contributed by atoms with Crippen molar-refractivity contribution in [1.29, 1.82) is 0 Å². The van der Waals surface area contributed by atoms with Crippen LogP contribution in [-0.2, 0) is 24.3 Å². The Kier molecular flexibility index (Phi) is 3.18. The maximum absolute atomic E-state index is 12.3. The van der Waals surface area contributed by atoms with Crippen LogP contribution in [0.4, 0.5) is 5.82 Å². The summed E-state index contributed by atoms with van der Waals surface area (Å²) in [6, 6.07) is 9.14. The molecule has 1 aliphatic rings. The van der Waals surface area contributed by atoms with Gasteiger partial charge in [0.25, 0.3) is 5.56 Å². The third-order valence-electron chi connectivity index (χ3n) is 3.99. The lowest BCUT2D eigenvalue weighted by molar-refractivity contribution is -0.116. The summed E-state index contributed by atoms with van der Waals surface area (Å²) < 4.78 is 3.32. The van der Waals surface area contributed by atoms with Crippen molar-refractivity contribution < 1.29 is 4.79 Å². The number of benzene rings is 1. The molecule has 0 aliphatic carbocycles. The van der Waals surface area contributed by atoms with Crippen LogP contribution in [-0.4, -0.2) is 25.2 Å². The summed E-state index contributed by atoms with van der Waals surface area (Å²) in [6.45, 7) is 0.823. The molecule has 7 nitrogen and oxygen atoms in total. The van der Waals surface area contributed by atoms with E-state index in [4.69, 9.17) is 0 Å². The molecule has 3 heterocycles. The highest BCUT2D eigenvalue weighted by Gasteiger charge is 2.15. The predicted molar refractivity (Wildman–Crippen MR) is 85.2 cm³/mol. The van der Waals surface area contributed by atoms with Crippen molar-refractivity contribution >= 4 is 22.8 Å². The Morgan fingerprint density at radius 2 is 2.17 bits per heavy atom. The molecule has 4 rings (SSSR count). The van der Waals surface area contributed by atoms with Crippen LogP contribution in [0, 0.1) is 0 Å². The molecule has 1 N–H and O–H groups in total. The number of hydrogen-bond acceptors (Lipinski definition) is 4. The maximum Gasteiger partial charge on any atom is 0.269 e. The Balaban J connectivity index is 1.59. The van der Waals surface area contributed by atoms with Crippen LogP contribution in [0.1, 0.15) is 12.1 Å². The van der Waals surface area contributed by atoms with E-state index in [0.29, 0.717) is 16.9 Å². The summed E-state index contributed by atoms with van der Waals surface area (Å²) in [5.41, 5.74) is 2.15. The molecule has 3 aromatic rings. The topological polar surface area (TPSA) is 81.8 Å². The fourth-order valence-corrected chi connectivity index (χ4v) is 2.93. The minimum absolute atomic E-state index is 0.0654. The molecular weight excluding hydrogens is 294 g/mol. The molecule has 1 aromatic carbocycles. The highest BCUT2D eigenvalue weighted by atomic mass is 16.2. The average molecular weight is 309 g/mol. The number of para-hydroxylation sites is 2. The third-order valence-corrected chi connectivity index (χ3v) is 3.99. The number of amides is 1. The van der Waals surface area contributed by atoms with Crippen molar-refractivity contribution in [2.45, 2.75) is 25.9 Å². The number of rotatable bonds is 3. The van der Waals surface area contributed by atoms with Crippen molar-refractivity contribution in [3.05, 3.63) is 52.6 Å². The van der Waals surface area contributed by atoms with Gasteiger partial charge >= 0.3 is 0 Å². The number of fused-ring (bicyclic) bond motifs is 2. The quantitative estimate of drug-likeness (QED) is 0.787. The molecule has 0 unspecified atom stereocenters. The van der Waals surface area contributed by atoms with Crippen LogP contribution in [0.2, 0.25) is 0 Å². The number of anilines is 1. The lowest BCUT2D eigenvalue weighted by Crippen LogP contribution is -2.28. The molecular formula is C16H15N5O2. The highest BCUT2D eigenvalue weighted by Crippen LogP contribution is 2.18. The second-order valence-corrected chi connectivity index (χ2v) is 5.57. The van der Waals surface area contributed by atoms with Crippen molar-refractivity contribution in [1.82, 2.24) is 19.3 Å². The molecule has 2 aromatic heterocycles. The van der Waals surface area contributed by atoms with Gasteiger partial charge < -0.3 is 5.32 Å². The van der Waals surface area contributed by atoms with Crippen molar-refractivity contribution in [3.63, 3.8) is 0 Å². The monoisotopic (exact) mass is 309 g/mol. The molecule has 23 heavy (non-hydrogen) atoms. The van der Waals surface area contributed by atoms with Gasteiger partial charge in [-0.2, -0.15) is 5.10 Å². The third kappa shape index (κ3) is 2.50. The van der Waals surface area contributed by atoms with Crippen LogP contribution >= 0.6 is 0 Å². The Morgan fingerprint density at radius 1 is 1.30 bits per heavy atom. The summed E-state index contributed by atoms with van der Waals surface area (Å²) in [7, 11) is 0. The van der Waals surface area contributed by atoms with Crippen LogP contribution in [0.15, 0.2) is 41.3 Å². The molecule has 1 aliphatic heterocycles. The molecule has 1 amide bonds. The minimum atomic E-state index is -0.300. The van der Waals surface area contributed by atoms with Crippen molar-refractivity contribution in [2.24, 2.45) is 0 Å². The molecule has 0 bridgehead atoms. The number of aryl methyl sites for hydroxylation is 2. The summed E-state index contributed by atoms with van der Waals surface area (Å²) in [6.07, 6.45) is 3.31. The van der Waals surface area contributed by atoms with Gasteiger partial charge in [-0.25, -0.2) is 4.98 Å². The molecule has 0 atom stereocenters. The van der Waals surface area contributed by atoms with E-state index in [1.807, 2.05) is 28.9 Å². The molecule has 0 saturated carbocycles. The van der Waals surface area contributed by atoms with E-state index in [9.17, 15) is 9.59 Å². The van der Waals surface area contributed by atoms with Gasteiger partial charge in [-0.15, -0.1) is 0 Å². The molecule has 0 radical (unpaired) electrons. The highest BCUT2D eigenvalue weighted by molar-refractivity contribution is 5.90. The van der Waals surface area contributed by atoms with Gasteiger partial charge in [0.1, 0.15) is 6.54 Å². The van der Waals surface area contributed by atoms with Gasteiger partial charge in [0, 0.05) is 18.3 Å². The zero-order valence-corrected chi connectivity index (χ0v) is 12.4. The first kappa shape index (κ1) is 13.7. The zero-order valence-electron chi connectivity index (χ0n) is 12.4. The summed E-state index contributed by atoms with van der Waals surface area (Å²) >= 11 is 0. The molecule has 0 fully saturated rings. The van der Waals surface area contributed by atoms with E-state index in [0.717, 1.165) is 25.1 Å². The van der Waals surface area contributed by atoms with Gasteiger partial charge in [-0.05, 0) is 25.0 Å². The second-order valence-electron chi connectivity index (χ2n) is 5.57. The average Bonchev–Trinajstić information content (AvgIpc) is 3.11. The van der Waals surface area contributed by atoms with Crippen LogP contribution < -0.4 is 10.9 Å². The first-order valence-corrected chi connectivity index (χ1v) is 7.52. The second kappa shape index (κ2) is 5.35. The standard InChI is InChI=1S/C16H15N5O2/c22-15(18-14-8-11-4-3-7-21(11)19-14)10-20-13-6-2-1-5-12(13)17-9-16(20)23/h1-2,5-6,8-9H,3-4,7,10H2,(H,18,19,22). The fraction of sp³-hybridized carbons (Fsp3) is 0.250. The molecule has 7 heteroatoms. The van der Waals surface area contributed by atoms with Gasteiger partial charge in [0.2, 0.25) is 5.91 Å². The molecule has 0 saturated heterocycles. The Morgan fingerprint density at radius 3 is 3.04 bits per heavy atom. The number of hydrogen-bond donors (Lipinski definition) is 1. The first-order valence-electron chi connectivity index (χ1n) is 7.52. The lowest BCUT2D eigenvalue weighted by atomic mass is 10.3. The van der Waals surface area contributed by atoms with Gasteiger partial charge in [-0.3, -0.25) is 18.8 Å². The van der Waals surface area contributed by atoms with E-state index in [2.05, 4.69) is 15.4 Å². The largest absolute Gasteiger partial charge is 0.308 e.